The largest absolute Gasteiger partial charge is 0.465 e. The first-order chi connectivity index (χ1) is 16.9. The molecule has 0 aliphatic carbocycles. The second-order valence-corrected chi connectivity index (χ2v) is 8.62. The molecule has 9 nitrogen and oxygen atoms in total. The molecule has 0 saturated carbocycles. The molecule has 1 atom stereocenters. The predicted octanol–water partition coefficient (Wildman–Crippen LogP) is 2.14. The Morgan fingerprint density at radius 2 is 1.89 bits per heavy atom. The van der Waals surface area contributed by atoms with Crippen molar-refractivity contribution in [1.82, 2.24) is 14.5 Å². The molecule has 35 heavy (non-hydrogen) atoms. The number of fused-ring (bicyclic) bond motifs is 1. The predicted molar refractivity (Wildman–Crippen MR) is 130 cm³/mol. The van der Waals surface area contributed by atoms with Crippen LogP contribution in [-0.4, -0.2) is 40.3 Å². The van der Waals surface area contributed by atoms with Crippen LogP contribution in [0.4, 0.5) is 0 Å². The molecule has 1 aliphatic heterocycles. The summed E-state index contributed by atoms with van der Waals surface area (Å²) in [6.07, 6.45) is 1.38. The maximum absolute atomic E-state index is 13.3. The molecule has 1 unspecified atom stereocenters. The number of nitrogens with one attached hydrogen (secondary N) is 1. The van der Waals surface area contributed by atoms with Gasteiger partial charge in [-0.15, -0.1) is 0 Å². The minimum Gasteiger partial charge on any atom is -0.465 e. The zero-order valence-corrected chi connectivity index (χ0v) is 19.9. The highest BCUT2D eigenvalue weighted by Gasteiger charge is 2.22. The average molecular weight is 480 g/mol. The Balaban J connectivity index is 1.70. The van der Waals surface area contributed by atoms with Crippen LogP contribution in [0.1, 0.15) is 41.3 Å². The monoisotopic (exact) mass is 479 g/mol. The van der Waals surface area contributed by atoms with Crippen molar-refractivity contribution in [3.05, 3.63) is 80.0 Å². The summed E-state index contributed by atoms with van der Waals surface area (Å²) in [5.74, 6) is -0.960. The Hall–Kier alpha value is -3.72. The number of rotatable bonds is 8. The lowest BCUT2D eigenvalue weighted by Crippen LogP contribution is -2.43. The van der Waals surface area contributed by atoms with Crippen LogP contribution in [0.5, 0.6) is 0 Å². The fraction of sp³-hybridized carbons (Fsp3) is 0.385. The quantitative estimate of drug-likeness (QED) is 0.496. The molecule has 0 bridgehead atoms. The maximum Gasteiger partial charge on any atom is 0.332 e. The molecule has 1 aromatic heterocycles. The van der Waals surface area contributed by atoms with Gasteiger partial charge in [-0.2, -0.15) is 0 Å². The number of nitrogens with zero attached hydrogens (tertiary/aromatic N) is 2. The van der Waals surface area contributed by atoms with Gasteiger partial charge in [0, 0.05) is 18.7 Å². The lowest BCUT2D eigenvalue weighted by Gasteiger charge is -2.16. The fourth-order valence-electron chi connectivity index (χ4n) is 4.19. The highest BCUT2D eigenvalue weighted by molar-refractivity contribution is 5.97. The molecule has 0 spiro atoms. The van der Waals surface area contributed by atoms with Crippen LogP contribution in [0.2, 0.25) is 0 Å². The van der Waals surface area contributed by atoms with Crippen LogP contribution >= 0.6 is 0 Å². The third kappa shape index (κ3) is 5.51. The van der Waals surface area contributed by atoms with E-state index in [0.717, 1.165) is 28.5 Å². The van der Waals surface area contributed by atoms with E-state index in [9.17, 15) is 19.2 Å². The van der Waals surface area contributed by atoms with Gasteiger partial charge in [-0.1, -0.05) is 29.8 Å². The Labute approximate surface area is 202 Å². The lowest BCUT2D eigenvalue weighted by molar-refractivity contribution is -0.143. The Kier molecular flexibility index (Phi) is 7.45. The molecule has 3 aromatic rings. The number of aryl methyl sites for hydroxylation is 1. The van der Waals surface area contributed by atoms with Crippen molar-refractivity contribution in [2.45, 2.75) is 52.4 Å². The number of hydrogen-bond acceptors (Lipinski definition) is 6. The van der Waals surface area contributed by atoms with Gasteiger partial charge in [0.1, 0.15) is 6.54 Å². The van der Waals surface area contributed by atoms with E-state index in [0.29, 0.717) is 13.2 Å². The van der Waals surface area contributed by atoms with E-state index in [1.54, 1.807) is 13.0 Å². The van der Waals surface area contributed by atoms with Crippen molar-refractivity contribution in [2.24, 2.45) is 0 Å². The van der Waals surface area contributed by atoms with Gasteiger partial charge in [0.15, 0.2) is 0 Å². The molecule has 1 aliphatic rings. The number of aromatic nitrogens is 2. The van der Waals surface area contributed by atoms with E-state index >= 15 is 0 Å². The second kappa shape index (κ2) is 10.7. The van der Waals surface area contributed by atoms with Gasteiger partial charge in [-0.25, -0.2) is 4.79 Å². The minimum atomic E-state index is -0.636. The smallest absolute Gasteiger partial charge is 0.332 e. The van der Waals surface area contributed by atoms with Crippen molar-refractivity contribution < 1.29 is 19.1 Å². The molecule has 1 amide bonds. The van der Waals surface area contributed by atoms with Gasteiger partial charge in [-0.3, -0.25) is 23.5 Å². The summed E-state index contributed by atoms with van der Waals surface area (Å²) in [4.78, 5) is 51.6. The van der Waals surface area contributed by atoms with Crippen molar-refractivity contribution in [2.75, 3.05) is 13.2 Å². The van der Waals surface area contributed by atoms with Crippen LogP contribution in [0.3, 0.4) is 0 Å². The summed E-state index contributed by atoms with van der Waals surface area (Å²) < 4.78 is 12.9. The summed E-state index contributed by atoms with van der Waals surface area (Å²) in [6, 6.07) is 12.3. The number of benzene rings is 2. The van der Waals surface area contributed by atoms with E-state index in [4.69, 9.17) is 9.47 Å². The van der Waals surface area contributed by atoms with Gasteiger partial charge in [0.25, 0.3) is 11.5 Å². The molecule has 4 rings (SSSR count). The van der Waals surface area contributed by atoms with Crippen LogP contribution in [-0.2, 0) is 33.9 Å². The number of hydrogen-bond donors (Lipinski definition) is 1. The zero-order chi connectivity index (χ0) is 24.9. The molecule has 1 saturated heterocycles. The molecular formula is C26H29N3O6. The molecule has 184 valence electrons. The molecule has 1 N–H and O–H groups in total. The van der Waals surface area contributed by atoms with E-state index < -0.39 is 17.2 Å². The standard InChI is InChI=1S/C26H29N3O6/c1-3-34-23(30)16-28-22-13-19(24(31)27-14-18-8-6-17(2)7-9-18)10-11-21(22)25(32)29(26(28)33)15-20-5-4-12-35-20/h6-11,13,20H,3-5,12,14-16H2,1-2H3,(H,27,31). The molecule has 2 heterocycles. The Morgan fingerprint density at radius 3 is 2.57 bits per heavy atom. The average Bonchev–Trinajstić information content (AvgIpc) is 3.37. The van der Waals surface area contributed by atoms with Gasteiger partial charge in [0.2, 0.25) is 0 Å². The molecular weight excluding hydrogens is 450 g/mol. The Morgan fingerprint density at radius 1 is 1.11 bits per heavy atom. The summed E-state index contributed by atoms with van der Waals surface area (Å²) in [7, 11) is 0. The van der Waals surface area contributed by atoms with Crippen LogP contribution in [0.15, 0.2) is 52.1 Å². The van der Waals surface area contributed by atoms with Crippen molar-refractivity contribution >= 4 is 22.8 Å². The normalized spacial score (nSPS) is 15.3. The number of esters is 1. The van der Waals surface area contributed by atoms with E-state index in [2.05, 4.69) is 5.32 Å². The molecule has 2 aromatic carbocycles. The van der Waals surface area contributed by atoms with E-state index in [1.165, 1.54) is 16.7 Å². The number of carbonyl (C=O) groups excluding carboxylic acids is 2. The van der Waals surface area contributed by atoms with Crippen molar-refractivity contribution in [3.63, 3.8) is 0 Å². The first-order valence-corrected chi connectivity index (χ1v) is 11.8. The van der Waals surface area contributed by atoms with E-state index in [-0.39, 0.29) is 48.2 Å². The zero-order valence-electron chi connectivity index (χ0n) is 19.9. The number of ether oxygens (including phenoxy) is 2. The van der Waals surface area contributed by atoms with Crippen LogP contribution < -0.4 is 16.6 Å². The summed E-state index contributed by atoms with van der Waals surface area (Å²) in [5, 5.41) is 3.09. The third-order valence-corrected chi connectivity index (χ3v) is 6.06. The fourth-order valence-corrected chi connectivity index (χ4v) is 4.19. The highest BCUT2D eigenvalue weighted by Crippen LogP contribution is 2.15. The number of carbonyl (C=O) groups is 2. The molecule has 0 radical (unpaired) electrons. The van der Waals surface area contributed by atoms with Crippen molar-refractivity contribution in [3.8, 4) is 0 Å². The lowest BCUT2D eigenvalue weighted by atomic mass is 10.1. The SMILES string of the molecule is CCOC(=O)Cn1c(=O)n(CC2CCCO2)c(=O)c2ccc(C(=O)NCc3ccc(C)cc3)cc21. The number of amides is 1. The molecule has 1 fully saturated rings. The van der Waals surface area contributed by atoms with Crippen molar-refractivity contribution in [1.29, 1.82) is 0 Å². The first-order valence-electron chi connectivity index (χ1n) is 11.8. The summed E-state index contributed by atoms with van der Waals surface area (Å²) >= 11 is 0. The third-order valence-electron chi connectivity index (χ3n) is 6.06. The van der Waals surface area contributed by atoms with Gasteiger partial charge in [-0.05, 0) is 50.5 Å². The van der Waals surface area contributed by atoms with Crippen LogP contribution in [0, 0.1) is 6.92 Å². The van der Waals surface area contributed by atoms with Gasteiger partial charge in [0.05, 0.1) is 30.2 Å². The molecule has 9 heteroatoms. The topological polar surface area (TPSA) is 109 Å². The maximum atomic E-state index is 13.3. The van der Waals surface area contributed by atoms with Crippen LogP contribution in [0.25, 0.3) is 10.9 Å². The summed E-state index contributed by atoms with van der Waals surface area (Å²) in [6.45, 7) is 4.48. The Bertz CT molecular complexity index is 1350. The second-order valence-electron chi connectivity index (χ2n) is 8.62. The van der Waals surface area contributed by atoms with E-state index in [1.807, 2.05) is 31.2 Å². The minimum absolute atomic E-state index is 0.106. The van der Waals surface area contributed by atoms with Gasteiger partial charge < -0.3 is 14.8 Å². The summed E-state index contributed by atoms with van der Waals surface area (Å²) in [5.41, 5.74) is 1.44. The highest BCUT2D eigenvalue weighted by atomic mass is 16.5. The van der Waals surface area contributed by atoms with Gasteiger partial charge >= 0.3 is 11.7 Å². The first kappa shape index (κ1) is 24.4.